The van der Waals surface area contributed by atoms with Crippen LogP contribution < -0.4 is 0 Å². The van der Waals surface area contributed by atoms with E-state index in [2.05, 4.69) is 41.1 Å². The number of H-pyrrole nitrogens is 1. The summed E-state index contributed by atoms with van der Waals surface area (Å²) < 4.78 is 10.3. The number of para-hydroxylation sites is 1. The summed E-state index contributed by atoms with van der Waals surface area (Å²) in [5.74, 6) is 0.287. The SMILES string of the molecule is CC[C@H]1CN2CCc3c([nH]c4ccccc34)C2CC1/C(=C\OC)C(=O)OC. The van der Waals surface area contributed by atoms with E-state index in [1.807, 2.05) is 0 Å². The molecule has 3 heterocycles. The summed E-state index contributed by atoms with van der Waals surface area (Å²) in [6.45, 7) is 4.28. The molecule has 0 saturated carbocycles. The van der Waals surface area contributed by atoms with Crippen LogP contribution in [0.5, 0.6) is 0 Å². The molecule has 1 fully saturated rings. The third-order valence-electron chi connectivity index (χ3n) is 6.37. The molecule has 1 aromatic heterocycles. The number of piperidine rings is 1. The molecule has 2 aliphatic rings. The summed E-state index contributed by atoms with van der Waals surface area (Å²) in [5, 5.41) is 1.34. The van der Waals surface area contributed by atoms with Crippen LogP contribution in [0, 0.1) is 11.8 Å². The minimum Gasteiger partial charge on any atom is -0.504 e. The number of hydrogen-bond acceptors (Lipinski definition) is 4. The fraction of sp³-hybridized carbons (Fsp3) is 0.500. The van der Waals surface area contributed by atoms with Crippen molar-refractivity contribution in [3.63, 3.8) is 0 Å². The molecule has 2 unspecified atom stereocenters. The molecule has 2 aromatic rings. The largest absolute Gasteiger partial charge is 0.504 e. The maximum atomic E-state index is 12.4. The Balaban J connectivity index is 1.73. The van der Waals surface area contributed by atoms with Crippen molar-refractivity contribution in [3.05, 3.63) is 47.4 Å². The molecule has 0 radical (unpaired) electrons. The van der Waals surface area contributed by atoms with Gasteiger partial charge in [0.25, 0.3) is 0 Å². The molecular formula is C22H28N2O3. The van der Waals surface area contributed by atoms with Crippen LogP contribution in [0.4, 0.5) is 0 Å². The Labute approximate surface area is 160 Å². The highest BCUT2D eigenvalue weighted by atomic mass is 16.5. The topological polar surface area (TPSA) is 54.6 Å². The Kier molecular flexibility index (Phi) is 4.96. The smallest absolute Gasteiger partial charge is 0.337 e. The van der Waals surface area contributed by atoms with E-state index in [0.29, 0.717) is 17.5 Å². The van der Waals surface area contributed by atoms with Crippen molar-refractivity contribution >= 4 is 16.9 Å². The van der Waals surface area contributed by atoms with E-state index >= 15 is 0 Å². The van der Waals surface area contributed by atoms with Crippen LogP contribution in [0.2, 0.25) is 0 Å². The standard InChI is InChI=1S/C22H28N2O3/c1-4-14-12-24-10-9-16-15-7-5-6-8-19(15)23-21(16)20(24)11-17(14)18(13-26-2)22(25)27-3/h5-8,13-14,17,20,23H,4,9-12H2,1-3H3/b18-13+/t14-,17?,20?/m0/s1. The molecule has 1 saturated heterocycles. The number of fused-ring (bicyclic) bond motifs is 5. The second-order valence-corrected chi connectivity index (χ2v) is 7.63. The van der Waals surface area contributed by atoms with Gasteiger partial charge < -0.3 is 14.5 Å². The molecule has 2 aliphatic heterocycles. The number of hydrogen-bond donors (Lipinski definition) is 1. The first-order chi connectivity index (χ1) is 13.2. The number of rotatable bonds is 4. The highest BCUT2D eigenvalue weighted by Crippen LogP contribution is 2.45. The minimum atomic E-state index is -0.276. The maximum Gasteiger partial charge on any atom is 0.337 e. The van der Waals surface area contributed by atoms with E-state index in [9.17, 15) is 4.79 Å². The van der Waals surface area contributed by atoms with Gasteiger partial charge in [0.2, 0.25) is 0 Å². The van der Waals surface area contributed by atoms with Gasteiger partial charge in [0.15, 0.2) is 0 Å². The summed E-state index contributed by atoms with van der Waals surface area (Å²) in [6.07, 6.45) is 4.60. The Bertz CT molecular complexity index is 870. The Morgan fingerprint density at radius 1 is 1.33 bits per heavy atom. The Morgan fingerprint density at radius 2 is 2.15 bits per heavy atom. The monoisotopic (exact) mass is 368 g/mol. The van der Waals surface area contributed by atoms with Gasteiger partial charge in [0.1, 0.15) is 0 Å². The molecule has 5 heteroatoms. The summed E-state index contributed by atoms with van der Waals surface area (Å²) in [7, 11) is 3.04. The summed E-state index contributed by atoms with van der Waals surface area (Å²) in [6, 6.07) is 8.85. The van der Waals surface area contributed by atoms with Gasteiger partial charge in [-0.15, -0.1) is 0 Å². The quantitative estimate of drug-likeness (QED) is 0.506. The number of esters is 1. The number of aromatic nitrogens is 1. The fourth-order valence-electron chi connectivity index (χ4n) is 5.04. The lowest BCUT2D eigenvalue weighted by Gasteiger charge is -2.46. The van der Waals surface area contributed by atoms with Crippen LogP contribution >= 0.6 is 0 Å². The molecule has 0 amide bonds. The fourth-order valence-corrected chi connectivity index (χ4v) is 5.04. The predicted molar refractivity (Wildman–Crippen MR) is 105 cm³/mol. The first-order valence-corrected chi connectivity index (χ1v) is 9.82. The van der Waals surface area contributed by atoms with Crippen molar-refractivity contribution in [3.8, 4) is 0 Å². The number of nitrogens with zero attached hydrogens (tertiary/aromatic N) is 1. The third kappa shape index (κ3) is 3.04. The zero-order valence-corrected chi connectivity index (χ0v) is 16.3. The maximum absolute atomic E-state index is 12.4. The molecule has 5 nitrogen and oxygen atoms in total. The van der Waals surface area contributed by atoms with Crippen LogP contribution in [0.3, 0.4) is 0 Å². The summed E-state index contributed by atoms with van der Waals surface area (Å²) >= 11 is 0. The Hall–Kier alpha value is -2.27. The molecule has 0 spiro atoms. The van der Waals surface area contributed by atoms with Crippen LogP contribution in [0.25, 0.3) is 10.9 Å². The Morgan fingerprint density at radius 3 is 2.89 bits per heavy atom. The average molecular weight is 368 g/mol. The summed E-state index contributed by atoms with van der Waals surface area (Å²) in [4.78, 5) is 18.7. The normalized spacial score (nSPS) is 25.7. The van der Waals surface area contributed by atoms with Gasteiger partial charge in [0.05, 0.1) is 32.1 Å². The second-order valence-electron chi connectivity index (χ2n) is 7.63. The number of benzene rings is 1. The van der Waals surface area contributed by atoms with E-state index < -0.39 is 0 Å². The second kappa shape index (κ2) is 7.39. The van der Waals surface area contributed by atoms with Crippen LogP contribution in [-0.4, -0.2) is 43.2 Å². The van der Waals surface area contributed by atoms with E-state index in [1.54, 1.807) is 13.4 Å². The molecule has 1 N–H and O–H groups in total. The van der Waals surface area contributed by atoms with Gasteiger partial charge in [-0.25, -0.2) is 4.79 Å². The van der Waals surface area contributed by atoms with E-state index in [-0.39, 0.29) is 11.9 Å². The number of carbonyl (C=O) groups excluding carboxylic acids is 1. The zero-order chi connectivity index (χ0) is 19.0. The number of nitrogens with one attached hydrogen (secondary N) is 1. The van der Waals surface area contributed by atoms with Crippen molar-refractivity contribution in [2.24, 2.45) is 11.8 Å². The van der Waals surface area contributed by atoms with Crippen molar-refractivity contribution in [2.75, 3.05) is 27.3 Å². The molecule has 0 aliphatic carbocycles. The summed E-state index contributed by atoms with van der Waals surface area (Å²) in [5.41, 5.74) is 4.63. The molecular weight excluding hydrogens is 340 g/mol. The third-order valence-corrected chi connectivity index (χ3v) is 6.37. The highest BCUT2D eigenvalue weighted by molar-refractivity contribution is 5.89. The number of aromatic amines is 1. The van der Waals surface area contributed by atoms with Crippen molar-refractivity contribution in [2.45, 2.75) is 32.2 Å². The van der Waals surface area contributed by atoms with Crippen molar-refractivity contribution in [1.82, 2.24) is 9.88 Å². The van der Waals surface area contributed by atoms with Crippen molar-refractivity contribution < 1.29 is 14.3 Å². The van der Waals surface area contributed by atoms with Gasteiger partial charge >= 0.3 is 5.97 Å². The number of methoxy groups -OCH3 is 2. The molecule has 27 heavy (non-hydrogen) atoms. The van der Waals surface area contributed by atoms with Crippen molar-refractivity contribution in [1.29, 1.82) is 0 Å². The van der Waals surface area contributed by atoms with Gasteiger partial charge in [-0.1, -0.05) is 31.5 Å². The first-order valence-electron chi connectivity index (χ1n) is 9.82. The lowest BCUT2D eigenvalue weighted by molar-refractivity contribution is -0.137. The van der Waals surface area contributed by atoms with E-state index in [0.717, 1.165) is 32.4 Å². The molecule has 0 bridgehead atoms. The van der Waals surface area contributed by atoms with Gasteiger partial charge in [0, 0.05) is 29.7 Å². The van der Waals surface area contributed by atoms with Gasteiger partial charge in [-0.2, -0.15) is 0 Å². The van der Waals surface area contributed by atoms with Crippen LogP contribution in [0.1, 0.15) is 37.1 Å². The lowest BCUT2D eigenvalue weighted by Crippen LogP contribution is -2.47. The first kappa shape index (κ1) is 18.1. The predicted octanol–water partition coefficient (Wildman–Crippen LogP) is 3.82. The highest BCUT2D eigenvalue weighted by Gasteiger charge is 2.42. The van der Waals surface area contributed by atoms with E-state index in [4.69, 9.17) is 9.47 Å². The van der Waals surface area contributed by atoms with Crippen LogP contribution in [-0.2, 0) is 20.7 Å². The molecule has 3 atom stereocenters. The minimum absolute atomic E-state index is 0.140. The van der Waals surface area contributed by atoms with Gasteiger partial charge in [-0.3, -0.25) is 4.90 Å². The van der Waals surface area contributed by atoms with Crippen LogP contribution in [0.15, 0.2) is 36.1 Å². The van der Waals surface area contributed by atoms with E-state index in [1.165, 1.54) is 29.3 Å². The molecule has 144 valence electrons. The average Bonchev–Trinajstić information content (AvgIpc) is 3.09. The number of ether oxygens (including phenoxy) is 2. The van der Waals surface area contributed by atoms with Gasteiger partial charge in [-0.05, 0) is 36.3 Å². The lowest BCUT2D eigenvalue weighted by atomic mass is 9.74. The molecule has 4 rings (SSSR count). The number of carbonyl (C=O) groups is 1. The zero-order valence-electron chi connectivity index (χ0n) is 16.3. The molecule has 1 aromatic carbocycles.